The number of hydrogen-bond acceptors (Lipinski definition) is 3. The fourth-order valence-corrected chi connectivity index (χ4v) is 1.64. The van der Waals surface area contributed by atoms with Gasteiger partial charge in [0.1, 0.15) is 13.7 Å². The van der Waals surface area contributed by atoms with E-state index in [0.29, 0.717) is 22.4 Å². The van der Waals surface area contributed by atoms with E-state index in [2.05, 4.69) is 5.32 Å². The Kier molecular flexibility index (Phi) is 3.85. The molecule has 0 atom stereocenters. The standard InChI is InChI=1S/C14H11BFNO2/c1-19-14(18)12-7-2-9(15)8-13(12)17-11-5-3-10(16)4-6-11/h2-8,17H,1H3. The van der Waals surface area contributed by atoms with Crippen LogP contribution in [0.1, 0.15) is 10.4 Å². The van der Waals surface area contributed by atoms with Crippen LogP contribution in [-0.2, 0) is 4.74 Å². The molecule has 0 aliphatic carbocycles. The first-order valence-electron chi connectivity index (χ1n) is 5.60. The number of esters is 1. The Balaban J connectivity index is 2.35. The van der Waals surface area contributed by atoms with Crippen molar-refractivity contribution in [1.29, 1.82) is 0 Å². The maximum Gasteiger partial charge on any atom is 0.339 e. The summed E-state index contributed by atoms with van der Waals surface area (Å²) in [6.07, 6.45) is 0. The van der Waals surface area contributed by atoms with Crippen LogP contribution >= 0.6 is 0 Å². The molecule has 1 N–H and O–H groups in total. The largest absolute Gasteiger partial charge is 0.465 e. The number of halogens is 1. The molecule has 0 aliphatic rings. The summed E-state index contributed by atoms with van der Waals surface area (Å²) in [5.41, 5.74) is 2.04. The summed E-state index contributed by atoms with van der Waals surface area (Å²) in [6, 6.07) is 10.6. The molecule has 0 fully saturated rings. The number of rotatable bonds is 3. The summed E-state index contributed by atoms with van der Waals surface area (Å²) >= 11 is 0. The maximum atomic E-state index is 12.8. The fraction of sp³-hybridized carbons (Fsp3) is 0.0714. The van der Waals surface area contributed by atoms with Crippen molar-refractivity contribution in [3.05, 3.63) is 53.8 Å². The highest BCUT2D eigenvalue weighted by Gasteiger charge is 2.11. The van der Waals surface area contributed by atoms with Gasteiger partial charge in [-0.2, -0.15) is 0 Å². The fourth-order valence-electron chi connectivity index (χ4n) is 1.64. The monoisotopic (exact) mass is 255 g/mol. The number of ether oxygens (including phenoxy) is 1. The zero-order valence-corrected chi connectivity index (χ0v) is 10.3. The highest BCUT2D eigenvalue weighted by Crippen LogP contribution is 2.20. The Labute approximate surface area is 111 Å². The zero-order valence-electron chi connectivity index (χ0n) is 10.3. The average Bonchev–Trinajstić information content (AvgIpc) is 2.41. The van der Waals surface area contributed by atoms with Crippen molar-refractivity contribution < 1.29 is 13.9 Å². The van der Waals surface area contributed by atoms with Crippen molar-refractivity contribution in [3.8, 4) is 0 Å². The lowest BCUT2D eigenvalue weighted by molar-refractivity contribution is 0.0602. The first kappa shape index (κ1) is 13.1. The van der Waals surface area contributed by atoms with Gasteiger partial charge in [0.05, 0.1) is 18.4 Å². The van der Waals surface area contributed by atoms with Gasteiger partial charge in [0, 0.05) is 5.69 Å². The summed E-state index contributed by atoms with van der Waals surface area (Å²) in [7, 11) is 7.00. The lowest BCUT2D eigenvalue weighted by atomic mass is 9.94. The second kappa shape index (κ2) is 5.56. The molecule has 2 aromatic carbocycles. The first-order chi connectivity index (χ1) is 9.10. The third-order valence-electron chi connectivity index (χ3n) is 2.57. The van der Waals surface area contributed by atoms with Crippen molar-refractivity contribution in [2.75, 3.05) is 12.4 Å². The van der Waals surface area contributed by atoms with E-state index in [1.165, 1.54) is 19.2 Å². The van der Waals surface area contributed by atoms with Crippen molar-refractivity contribution >= 4 is 30.7 Å². The summed E-state index contributed by atoms with van der Waals surface area (Å²) in [6.45, 7) is 0. The molecular formula is C14H11BFNO2. The van der Waals surface area contributed by atoms with Crippen LogP contribution < -0.4 is 10.8 Å². The highest BCUT2D eigenvalue weighted by atomic mass is 19.1. The third kappa shape index (κ3) is 3.13. The van der Waals surface area contributed by atoms with Gasteiger partial charge in [-0.25, -0.2) is 9.18 Å². The second-order valence-electron chi connectivity index (χ2n) is 3.93. The molecule has 2 aromatic rings. The van der Waals surface area contributed by atoms with Crippen LogP contribution in [0.5, 0.6) is 0 Å². The van der Waals surface area contributed by atoms with E-state index < -0.39 is 5.97 Å². The van der Waals surface area contributed by atoms with Gasteiger partial charge in [-0.3, -0.25) is 0 Å². The molecule has 19 heavy (non-hydrogen) atoms. The Morgan fingerprint density at radius 1 is 1.21 bits per heavy atom. The number of hydrogen-bond donors (Lipinski definition) is 1. The molecule has 0 aliphatic heterocycles. The lowest BCUT2D eigenvalue weighted by Crippen LogP contribution is -2.10. The molecule has 0 aromatic heterocycles. The molecular weight excluding hydrogens is 244 g/mol. The summed E-state index contributed by atoms with van der Waals surface area (Å²) < 4.78 is 17.5. The minimum absolute atomic E-state index is 0.327. The predicted octanol–water partition coefficient (Wildman–Crippen LogP) is 2.15. The van der Waals surface area contributed by atoms with E-state index in [1.54, 1.807) is 30.3 Å². The van der Waals surface area contributed by atoms with Gasteiger partial charge >= 0.3 is 5.97 Å². The molecule has 0 unspecified atom stereocenters. The van der Waals surface area contributed by atoms with E-state index in [1.807, 2.05) is 0 Å². The van der Waals surface area contributed by atoms with Crippen molar-refractivity contribution in [3.63, 3.8) is 0 Å². The number of anilines is 2. The molecule has 0 spiro atoms. The Hall–Kier alpha value is -2.30. The van der Waals surface area contributed by atoms with E-state index in [-0.39, 0.29) is 5.82 Å². The van der Waals surface area contributed by atoms with Crippen LogP contribution in [0.3, 0.4) is 0 Å². The predicted molar refractivity (Wildman–Crippen MR) is 72.9 cm³/mol. The average molecular weight is 255 g/mol. The van der Waals surface area contributed by atoms with Crippen LogP contribution in [0.25, 0.3) is 0 Å². The first-order valence-corrected chi connectivity index (χ1v) is 5.60. The normalized spacial score (nSPS) is 10.0. The van der Waals surface area contributed by atoms with Gasteiger partial charge in [-0.15, -0.1) is 0 Å². The molecule has 0 amide bonds. The minimum Gasteiger partial charge on any atom is -0.465 e. The van der Waals surface area contributed by atoms with Crippen molar-refractivity contribution in [2.24, 2.45) is 0 Å². The summed E-state index contributed by atoms with van der Waals surface area (Å²) in [4.78, 5) is 11.6. The SMILES string of the molecule is [B]c1ccc(C(=O)OC)c(Nc2ccc(F)cc2)c1. The highest BCUT2D eigenvalue weighted by molar-refractivity contribution is 6.32. The van der Waals surface area contributed by atoms with Crippen LogP contribution in [0.4, 0.5) is 15.8 Å². The molecule has 2 rings (SSSR count). The molecule has 3 nitrogen and oxygen atoms in total. The topological polar surface area (TPSA) is 38.3 Å². The molecule has 94 valence electrons. The van der Waals surface area contributed by atoms with E-state index >= 15 is 0 Å². The van der Waals surface area contributed by atoms with Gasteiger partial charge in [-0.1, -0.05) is 11.5 Å². The zero-order chi connectivity index (χ0) is 13.8. The van der Waals surface area contributed by atoms with E-state index in [9.17, 15) is 9.18 Å². The van der Waals surface area contributed by atoms with E-state index in [0.717, 1.165) is 0 Å². The number of nitrogens with one attached hydrogen (secondary N) is 1. The van der Waals surface area contributed by atoms with Crippen LogP contribution in [-0.4, -0.2) is 20.9 Å². The molecule has 0 saturated carbocycles. The number of carbonyl (C=O) groups excluding carboxylic acids is 1. The van der Waals surface area contributed by atoms with E-state index in [4.69, 9.17) is 12.6 Å². The Bertz CT molecular complexity index is 599. The summed E-state index contributed by atoms with van der Waals surface area (Å²) in [5.74, 6) is -0.795. The van der Waals surface area contributed by atoms with Crippen LogP contribution in [0.2, 0.25) is 0 Å². The molecule has 2 radical (unpaired) electrons. The van der Waals surface area contributed by atoms with Gasteiger partial charge in [0.15, 0.2) is 0 Å². The number of methoxy groups -OCH3 is 1. The quantitative estimate of drug-likeness (QED) is 0.674. The third-order valence-corrected chi connectivity index (χ3v) is 2.57. The second-order valence-corrected chi connectivity index (χ2v) is 3.93. The molecule has 0 bridgehead atoms. The lowest BCUT2D eigenvalue weighted by Gasteiger charge is -2.12. The smallest absolute Gasteiger partial charge is 0.339 e. The number of benzene rings is 2. The number of carbonyl (C=O) groups is 1. The molecule has 0 heterocycles. The van der Waals surface area contributed by atoms with Crippen molar-refractivity contribution in [1.82, 2.24) is 0 Å². The van der Waals surface area contributed by atoms with Gasteiger partial charge < -0.3 is 10.1 Å². The summed E-state index contributed by atoms with van der Waals surface area (Å²) in [5, 5.41) is 3.01. The van der Waals surface area contributed by atoms with Crippen molar-refractivity contribution in [2.45, 2.75) is 0 Å². The van der Waals surface area contributed by atoms with Gasteiger partial charge in [-0.05, 0) is 36.4 Å². The molecule has 0 saturated heterocycles. The van der Waals surface area contributed by atoms with Crippen LogP contribution in [0.15, 0.2) is 42.5 Å². The maximum absolute atomic E-state index is 12.8. The van der Waals surface area contributed by atoms with Gasteiger partial charge in [0.2, 0.25) is 0 Å². The Morgan fingerprint density at radius 3 is 2.53 bits per heavy atom. The Morgan fingerprint density at radius 2 is 1.89 bits per heavy atom. The minimum atomic E-state index is -0.468. The van der Waals surface area contributed by atoms with Crippen LogP contribution in [0, 0.1) is 5.82 Å². The van der Waals surface area contributed by atoms with Gasteiger partial charge in [0.25, 0.3) is 0 Å². The molecule has 5 heteroatoms.